The lowest BCUT2D eigenvalue weighted by Gasteiger charge is -2.28. The maximum atomic E-state index is 10.4. The van der Waals surface area contributed by atoms with Crippen LogP contribution >= 0.6 is 0 Å². The van der Waals surface area contributed by atoms with Crippen molar-refractivity contribution in [3.63, 3.8) is 0 Å². The number of hydrogen-bond acceptors (Lipinski definition) is 3. The lowest BCUT2D eigenvalue weighted by Crippen LogP contribution is -2.39. The quantitative estimate of drug-likeness (QED) is 0.820. The van der Waals surface area contributed by atoms with Gasteiger partial charge in [0.2, 0.25) is 0 Å². The van der Waals surface area contributed by atoms with Gasteiger partial charge in [0.25, 0.3) is 0 Å². The second-order valence-corrected chi connectivity index (χ2v) is 6.10. The Bertz CT molecular complexity index is 624. The normalized spacial score (nSPS) is 23.8. The molecule has 3 nitrogen and oxygen atoms in total. The molecule has 0 amide bonds. The molecule has 1 N–H and O–H groups in total. The van der Waals surface area contributed by atoms with E-state index in [2.05, 4.69) is 6.08 Å². The number of benzene rings is 2. The number of hydrogen-bond donors (Lipinski definition) is 1. The first-order chi connectivity index (χ1) is 11.8. The summed E-state index contributed by atoms with van der Waals surface area (Å²) in [7, 11) is 0. The second kappa shape index (κ2) is 8.78. The fourth-order valence-electron chi connectivity index (χ4n) is 2.88. The Labute approximate surface area is 143 Å². The molecular weight excluding hydrogens is 300 g/mol. The summed E-state index contributed by atoms with van der Waals surface area (Å²) in [5.41, 5.74) is 2.21. The molecule has 1 aliphatic rings. The van der Waals surface area contributed by atoms with E-state index in [0.29, 0.717) is 19.6 Å². The average Bonchev–Trinajstić information content (AvgIpc) is 2.81. The summed E-state index contributed by atoms with van der Waals surface area (Å²) in [6.45, 7) is 0.982. The summed E-state index contributed by atoms with van der Waals surface area (Å²) in [5.74, 6) is 0. The van der Waals surface area contributed by atoms with E-state index >= 15 is 0 Å². The van der Waals surface area contributed by atoms with Gasteiger partial charge in [-0.2, -0.15) is 0 Å². The van der Waals surface area contributed by atoms with Crippen LogP contribution in [0.15, 0.2) is 72.8 Å². The largest absolute Gasteiger partial charge is 0.390 e. The predicted molar refractivity (Wildman–Crippen MR) is 94.4 cm³/mol. The zero-order chi connectivity index (χ0) is 16.6. The molecule has 126 valence electrons. The number of rotatable bonds is 6. The molecule has 3 atom stereocenters. The average molecular weight is 324 g/mol. The van der Waals surface area contributed by atoms with Crippen molar-refractivity contribution in [3.05, 3.63) is 83.9 Å². The minimum absolute atomic E-state index is 0.244. The van der Waals surface area contributed by atoms with E-state index in [1.54, 1.807) is 0 Å². The van der Waals surface area contributed by atoms with Gasteiger partial charge >= 0.3 is 0 Å². The molecule has 0 heterocycles. The predicted octanol–water partition coefficient (Wildman–Crippen LogP) is 3.87. The third kappa shape index (κ3) is 4.78. The van der Waals surface area contributed by atoms with E-state index in [4.69, 9.17) is 9.47 Å². The van der Waals surface area contributed by atoms with E-state index in [1.807, 2.05) is 66.7 Å². The molecule has 0 saturated heterocycles. The van der Waals surface area contributed by atoms with Gasteiger partial charge in [0.05, 0.1) is 19.3 Å². The van der Waals surface area contributed by atoms with Crippen LogP contribution in [0.1, 0.15) is 24.0 Å². The van der Waals surface area contributed by atoms with Gasteiger partial charge in [0, 0.05) is 0 Å². The van der Waals surface area contributed by atoms with Crippen LogP contribution in [0.2, 0.25) is 0 Å². The molecule has 3 heteroatoms. The number of allylic oxidation sites excluding steroid dienone is 1. The van der Waals surface area contributed by atoms with Crippen molar-refractivity contribution in [3.8, 4) is 0 Å². The smallest absolute Gasteiger partial charge is 0.113 e. The van der Waals surface area contributed by atoms with Gasteiger partial charge in [-0.1, -0.05) is 72.8 Å². The molecule has 24 heavy (non-hydrogen) atoms. The second-order valence-electron chi connectivity index (χ2n) is 6.10. The summed E-state index contributed by atoms with van der Waals surface area (Å²) in [6.07, 6.45) is 4.52. The van der Waals surface area contributed by atoms with Crippen molar-refractivity contribution >= 4 is 0 Å². The van der Waals surface area contributed by atoms with E-state index in [0.717, 1.165) is 17.5 Å². The van der Waals surface area contributed by atoms with E-state index in [-0.39, 0.29) is 12.2 Å². The van der Waals surface area contributed by atoms with Crippen molar-refractivity contribution in [2.75, 3.05) is 0 Å². The Morgan fingerprint density at radius 3 is 2.04 bits per heavy atom. The maximum Gasteiger partial charge on any atom is 0.113 e. The fraction of sp³-hybridized carbons (Fsp3) is 0.333. The van der Waals surface area contributed by atoms with E-state index in [9.17, 15) is 5.11 Å². The summed E-state index contributed by atoms with van der Waals surface area (Å²) in [6, 6.07) is 20.1. The SMILES string of the molecule is O[C@H]1CCC=C[C@H](OCc2ccccc2)[C@H]1OCc1ccccc1. The van der Waals surface area contributed by atoms with Crippen molar-refractivity contribution in [1.82, 2.24) is 0 Å². The molecule has 0 aromatic heterocycles. The van der Waals surface area contributed by atoms with E-state index in [1.165, 1.54) is 0 Å². The maximum absolute atomic E-state index is 10.4. The molecular formula is C21H24O3. The van der Waals surface area contributed by atoms with Crippen molar-refractivity contribution in [2.45, 2.75) is 44.4 Å². The van der Waals surface area contributed by atoms with Crippen LogP contribution in [-0.4, -0.2) is 23.4 Å². The summed E-state index contributed by atoms with van der Waals surface area (Å²) < 4.78 is 12.1. The van der Waals surface area contributed by atoms with Crippen LogP contribution in [0.3, 0.4) is 0 Å². The summed E-state index contributed by atoms with van der Waals surface area (Å²) in [5, 5.41) is 10.4. The van der Waals surface area contributed by atoms with Crippen molar-refractivity contribution in [1.29, 1.82) is 0 Å². The van der Waals surface area contributed by atoms with Crippen LogP contribution in [0.5, 0.6) is 0 Å². The van der Waals surface area contributed by atoms with Crippen molar-refractivity contribution < 1.29 is 14.6 Å². The highest BCUT2D eigenvalue weighted by molar-refractivity contribution is 5.15. The summed E-state index contributed by atoms with van der Waals surface area (Å²) in [4.78, 5) is 0. The minimum Gasteiger partial charge on any atom is -0.390 e. The molecule has 0 unspecified atom stereocenters. The van der Waals surface area contributed by atoms with Gasteiger partial charge in [0.1, 0.15) is 12.2 Å². The van der Waals surface area contributed by atoms with Crippen LogP contribution in [0.25, 0.3) is 0 Å². The van der Waals surface area contributed by atoms with Gasteiger partial charge in [-0.15, -0.1) is 0 Å². The fourth-order valence-corrected chi connectivity index (χ4v) is 2.88. The molecule has 0 fully saturated rings. The van der Waals surface area contributed by atoms with E-state index < -0.39 is 6.10 Å². The highest BCUT2D eigenvalue weighted by atomic mass is 16.5. The van der Waals surface area contributed by atoms with Gasteiger partial charge in [0.15, 0.2) is 0 Å². The molecule has 0 aliphatic heterocycles. The first-order valence-corrected chi connectivity index (χ1v) is 8.49. The molecule has 2 aromatic carbocycles. The minimum atomic E-state index is -0.524. The Morgan fingerprint density at radius 2 is 1.42 bits per heavy atom. The highest BCUT2D eigenvalue weighted by Gasteiger charge is 2.30. The third-order valence-electron chi connectivity index (χ3n) is 4.23. The van der Waals surface area contributed by atoms with Crippen LogP contribution < -0.4 is 0 Å². The monoisotopic (exact) mass is 324 g/mol. The molecule has 1 aliphatic carbocycles. The first-order valence-electron chi connectivity index (χ1n) is 8.49. The molecule has 0 saturated carbocycles. The lowest BCUT2D eigenvalue weighted by molar-refractivity contribution is -0.115. The van der Waals surface area contributed by atoms with Gasteiger partial charge in [-0.05, 0) is 24.0 Å². The number of aliphatic hydroxyl groups is 1. The lowest BCUT2D eigenvalue weighted by atomic mass is 10.1. The number of ether oxygens (including phenoxy) is 2. The Balaban J connectivity index is 1.64. The zero-order valence-electron chi connectivity index (χ0n) is 13.8. The first kappa shape index (κ1) is 16.9. The Hall–Kier alpha value is -1.94. The molecule has 2 aromatic rings. The standard InChI is InChI=1S/C21H24O3/c22-19-13-7-8-14-20(23-15-17-9-3-1-4-10-17)21(19)24-16-18-11-5-2-6-12-18/h1-6,8-12,14,19-22H,7,13,15-16H2/t19-,20-,21-/m0/s1. The van der Waals surface area contributed by atoms with Crippen LogP contribution in [-0.2, 0) is 22.7 Å². The molecule has 0 radical (unpaired) electrons. The Kier molecular flexibility index (Phi) is 6.19. The van der Waals surface area contributed by atoms with Gasteiger partial charge in [-0.25, -0.2) is 0 Å². The van der Waals surface area contributed by atoms with Crippen LogP contribution in [0, 0.1) is 0 Å². The highest BCUT2D eigenvalue weighted by Crippen LogP contribution is 2.21. The molecule has 3 rings (SSSR count). The van der Waals surface area contributed by atoms with Gasteiger partial charge < -0.3 is 14.6 Å². The van der Waals surface area contributed by atoms with Crippen molar-refractivity contribution in [2.24, 2.45) is 0 Å². The molecule has 0 spiro atoms. The van der Waals surface area contributed by atoms with Gasteiger partial charge in [-0.3, -0.25) is 0 Å². The third-order valence-corrected chi connectivity index (χ3v) is 4.23. The topological polar surface area (TPSA) is 38.7 Å². The zero-order valence-corrected chi connectivity index (χ0v) is 13.8. The summed E-state index contributed by atoms with van der Waals surface area (Å²) >= 11 is 0. The molecule has 0 bridgehead atoms. The number of aliphatic hydroxyl groups excluding tert-OH is 1. The van der Waals surface area contributed by atoms with Crippen LogP contribution in [0.4, 0.5) is 0 Å². The Morgan fingerprint density at radius 1 is 0.833 bits per heavy atom.